The molecule has 0 aliphatic carbocycles. The lowest BCUT2D eigenvalue weighted by Gasteiger charge is -2.25. The molecule has 0 saturated heterocycles. The molecule has 1 heterocycles. The summed E-state index contributed by atoms with van der Waals surface area (Å²) >= 11 is 0. The molecule has 6 heteroatoms. The molecule has 0 aliphatic rings. The van der Waals surface area contributed by atoms with Gasteiger partial charge in [0, 0.05) is 55.2 Å². The number of methoxy groups -OCH3 is 1. The van der Waals surface area contributed by atoms with Gasteiger partial charge in [-0.3, -0.25) is 4.90 Å². The van der Waals surface area contributed by atoms with Crippen LogP contribution in [-0.2, 0) is 22.6 Å². The fourth-order valence-electron chi connectivity index (χ4n) is 4.53. The Morgan fingerprint density at radius 3 is 2.14 bits per heavy atom. The molecule has 1 aromatic heterocycles. The van der Waals surface area contributed by atoms with Crippen LogP contribution < -0.4 is 4.74 Å². The first-order chi connectivity index (χ1) is 17.2. The molecule has 4 rings (SSSR count). The summed E-state index contributed by atoms with van der Waals surface area (Å²) in [6, 6.07) is 24.9. The molecule has 3 aromatic carbocycles. The van der Waals surface area contributed by atoms with Gasteiger partial charge >= 0.3 is 0 Å². The van der Waals surface area contributed by atoms with E-state index in [0.717, 1.165) is 29.9 Å². The molecule has 4 aromatic rings. The van der Waals surface area contributed by atoms with Crippen LogP contribution in [-0.4, -0.2) is 67.3 Å². The highest BCUT2D eigenvalue weighted by atomic mass is 16.5. The minimum absolute atomic E-state index is 0.521. The number of ether oxygens (including phenoxy) is 3. The van der Waals surface area contributed by atoms with E-state index in [4.69, 9.17) is 14.2 Å². The average molecular weight is 477 g/mol. The first kappa shape index (κ1) is 25.2. The van der Waals surface area contributed by atoms with Crippen molar-refractivity contribution in [2.45, 2.75) is 26.1 Å². The van der Waals surface area contributed by atoms with Gasteiger partial charge in [0.25, 0.3) is 0 Å². The van der Waals surface area contributed by atoms with E-state index in [9.17, 15) is 5.11 Å². The van der Waals surface area contributed by atoms with E-state index in [1.165, 1.54) is 16.3 Å². The molecule has 1 unspecified atom stereocenters. The van der Waals surface area contributed by atoms with Gasteiger partial charge in [0.2, 0.25) is 0 Å². The Morgan fingerprint density at radius 2 is 1.51 bits per heavy atom. The van der Waals surface area contributed by atoms with E-state index in [1.54, 1.807) is 7.11 Å². The molecular formula is C29H36N2O4. The second kappa shape index (κ2) is 12.7. The van der Waals surface area contributed by atoms with Crippen LogP contribution in [0.15, 0.2) is 72.8 Å². The quantitative estimate of drug-likeness (QED) is 0.267. The van der Waals surface area contributed by atoms with Gasteiger partial charge in [0.05, 0.1) is 25.9 Å². The van der Waals surface area contributed by atoms with Crippen LogP contribution in [0.5, 0.6) is 5.75 Å². The van der Waals surface area contributed by atoms with E-state index in [-0.39, 0.29) is 0 Å². The second-order valence-corrected chi connectivity index (χ2v) is 8.72. The van der Waals surface area contributed by atoms with Crippen LogP contribution in [0.3, 0.4) is 0 Å². The lowest BCUT2D eigenvalue weighted by atomic mass is 10.2. The van der Waals surface area contributed by atoms with E-state index in [1.807, 2.05) is 19.1 Å². The van der Waals surface area contributed by atoms with Crippen LogP contribution >= 0.6 is 0 Å². The number of fused-ring (bicyclic) bond motifs is 3. The minimum Gasteiger partial charge on any atom is -0.491 e. The van der Waals surface area contributed by atoms with Crippen LogP contribution in [0.4, 0.5) is 0 Å². The largest absolute Gasteiger partial charge is 0.491 e. The molecule has 35 heavy (non-hydrogen) atoms. The molecule has 186 valence electrons. The Bertz CT molecular complexity index is 1140. The van der Waals surface area contributed by atoms with Gasteiger partial charge in [-0.15, -0.1) is 0 Å². The fraction of sp³-hybridized carbons (Fsp3) is 0.379. The number of para-hydroxylation sites is 2. The Balaban J connectivity index is 1.42. The molecule has 0 radical (unpaired) electrons. The zero-order valence-corrected chi connectivity index (χ0v) is 20.7. The number of nitrogens with zero attached hydrogens (tertiary/aromatic N) is 2. The summed E-state index contributed by atoms with van der Waals surface area (Å²) in [4.78, 5) is 2.24. The van der Waals surface area contributed by atoms with Crippen molar-refractivity contribution >= 4 is 21.8 Å². The van der Waals surface area contributed by atoms with Crippen molar-refractivity contribution in [3.8, 4) is 5.75 Å². The Morgan fingerprint density at radius 1 is 0.857 bits per heavy atom. The number of aliphatic hydroxyl groups excluding tert-OH is 1. The van der Waals surface area contributed by atoms with Gasteiger partial charge in [-0.2, -0.15) is 0 Å². The number of benzene rings is 3. The predicted molar refractivity (Wildman–Crippen MR) is 141 cm³/mol. The van der Waals surface area contributed by atoms with Gasteiger partial charge in [0.15, 0.2) is 0 Å². The van der Waals surface area contributed by atoms with Crippen LogP contribution in [0.25, 0.3) is 21.8 Å². The normalized spacial score (nSPS) is 12.6. The van der Waals surface area contributed by atoms with Gasteiger partial charge in [-0.25, -0.2) is 0 Å². The van der Waals surface area contributed by atoms with Crippen LogP contribution in [0.2, 0.25) is 0 Å². The van der Waals surface area contributed by atoms with Crippen molar-refractivity contribution < 1.29 is 19.3 Å². The maximum atomic E-state index is 11.1. The molecule has 0 saturated carbocycles. The molecule has 1 N–H and O–H groups in total. The topological polar surface area (TPSA) is 56.1 Å². The first-order valence-electron chi connectivity index (χ1n) is 12.3. The van der Waals surface area contributed by atoms with Crippen molar-refractivity contribution in [2.75, 3.05) is 46.6 Å². The highest BCUT2D eigenvalue weighted by Crippen LogP contribution is 2.29. The number of aliphatic hydroxyl groups is 1. The molecule has 0 bridgehead atoms. The number of hydrogen-bond acceptors (Lipinski definition) is 5. The summed E-state index contributed by atoms with van der Waals surface area (Å²) in [5.41, 5.74) is 3.47. The summed E-state index contributed by atoms with van der Waals surface area (Å²) in [7, 11) is 1.71. The van der Waals surface area contributed by atoms with Crippen molar-refractivity contribution in [3.05, 3.63) is 78.4 Å². The summed E-state index contributed by atoms with van der Waals surface area (Å²) in [5, 5.41) is 13.6. The standard InChI is InChI=1S/C29H36N2O4/c1-3-34-18-19-35-25-14-12-23(13-15-25)20-30(16-17-33-2)21-24(32)22-31-28-10-6-4-8-26(28)27-9-5-7-11-29(27)31/h4-15,24,32H,3,16-22H2,1-2H3. The first-order valence-corrected chi connectivity index (χ1v) is 12.3. The molecule has 0 fully saturated rings. The summed E-state index contributed by atoms with van der Waals surface area (Å²) in [6.07, 6.45) is -0.521. The molecular weight excluding hydrogens is 440 g/mol. The molecule has 0 spiro atoms. The van der Waals surface area contributed by atoms with Crippen molar-refractivity contribution in [3.63, 3.8) is 0 Å². The van der Waals surface area contributed by atoms with Gasteiger partial charge < -0.3 is 23.9 Å². The summed E-state index contributed by atoms with van der Waals surface area (Å²) < 4.78 is 18.6. The second-order valence-electron chi connectivity index (χ2n) is 8.72. The maximum absolute atomic E-state index is 11.1. The SMILES string of the molecule is CCOCCOc1ccc(CN(CCOC)CC(O)Cn2c3ccccc3c3ccccc32)cc1. The summed E-state index contributed by atoms with van der Waals surface area (Å²) in [6.45, 7) is 6.98. The summed E-state index contributed by atoms with van der Waals surface area (Å²) in [5.74, 6) is 0.836. The van der Waals surface area contributed by atoms with Gasteiger partial charge in [0.1, 0.15) is 12.4 Å². The lowest BCUT2D eigenvalue weighted by molar-refractivity contribution is 0.0768. The maximum Gasteiger partial charge on any atom is 0.119 e. The fourth-order valence-corrected chi connectivity index (χ4v) is 4.53. The van der Waals surface area contributed by atoms with E-state index in [2.05, 4.69) is 70.1 Å². The number of aromatic nitrogens is 1. The zero-order valence-electron chi connectivity index (χ0n) is 20.7. The molecule has 6 nitrogen and oxygen atoms in total. The Labute approximate surface area is 207 Å². The van der Waals surface area contributed by atoms with Crippen molar-refractivity contribution in [2.24, 2.45) is 0 Å². The number of hydrogen-bond donors (Lipinski definition) is 1. The van der Waals surface area contributed by atoms with Gasteiger partial charge in [-0.1, -0.05) is 48.5 Å². The third kappa shape index (κ3) is 6.61. The van der Waals surface area contributed by atoms with Gasteiger partial charge in [-0.05, 0) is 36.8 Å². The third-order valence-electron chi connectivity index (χ3n) is 6.18. The van der Waals surface area contributed by atoms with Crippen LogP contribution in [0, 0.1) is 0 Å². The Kier molecular flexibility index (Phi) is 9.15. The number of rotatable bonds is 14. The Hall–Kier alpha value is -2.90. The van der Waals surface area contributed by atoms with E-state index in [0.29, 0.717) is 39.5 Å². The average Bonchev–Trinajstić information content (AvgIpc) is 3.20. The minimum atomic E-state index is -0.521. The lowest BCUT2D eigenvalue weighted by Crippen LogP contribution is -2.36. The molecule has 0 aliphatic heterocycles. The van der Waals surface area contributed by atoms with E-state index >= 15 is 0 Å². The zero-order chi connectivity index (χ0) is 24.5. The van der Waals surface area contributed by atoms with Crippen molar-refractivity contribution in [1.82, 2.24) is 9.47 Å². The molecule has 1 atom stereocenters. The van der Waals surface area contributed by atoms with Crippen LogP contribution in [0.1, 0.15) is 12.5 Å². The predicted octanol–water partition coefficient (Wildman–Crippen LogP) is 4.72. The van der Waals surface area contributed by atoms with Crippen molar-refractivity contribution in [1.29, 1.82) is 0 Å². The highest BCUT2D eigenvalue weighted by molar-refractivity contribution is 6.07. The third-order valence-corrected chi connectivity index (χ3v) is 6.18. The van der Waals surface area contributed by atoms with E-state index < -0.39 is 6.10 Å². The highest BCUT2D eigenvalue weighted by Gasteiger charge is 2.16. The monoisotopic (exact) mass is 476 g/mol. The smallest absolute Gasteiger partial charge is 0.119 e. The molecule has 0 amide bonds.